The number of rotatable bonds is 5. The van der Waals surface area contributed by atoms with E-state index in [0.29, 0.717) is 0 Å². The van der Waals surface area contributed by atoms with Crippen LogP contribution in [0.5, 0.6) is 0 Å². The smallest absolute Gasteiger partial charge is 0.0991 e. The molecule has 2 nitrogen and oxygen atoms in total. The van der Waals surface area contributed by atoms with Crippen LogP contribution >= 0.6 is 34.5 Å². The Balaban J connectivity index is 1.95. The number of halogens is 2. The quantitative estimate of drug-likeness (QED) is 0.827. The highest BCUT2D eigenvalue weighted by Gasteiger charge is 2.31. The Kier molecular flexibility index (Phi) is 5.55. The molecular formula is C14H21Cl2NOS. The molecule has 0 amide bonds. The van der Waals surface area contributed by atoms with Crippen molar-refractivity contribution in [2.45, 2.75) is 45.1 Å². The fraction of sp³-hybridized carbons (Fsp3) is 0.714. The van der Waals surface area contributed by atoms with E-state index in [2.05, 4.69) is 12.2 Å². The van der Waals surface area contributed by atoms with E-state index in [-0.39, 0.29) is 18.1 Å². The Hall–Kier alpha value is 0.200. The third-order valence-corrected chi connectivity index (χ3v) is 5.70. The fourth-order valence-corrected chi connectivity index (χ4v) is 4.47. The zero-order chi connectivity index (χ0) is 13.9. The maximum absolute atomic E-state index is 9.70. The van der Waals surface area contributed by atoms with Crippen LogP contribution in [0.1, 0.15) is 50.6 Å². The normalized spacial score (nSPS) is 20.4. The van der Waals surface area contributed by atoms with Gasteiger partial charge in [-0.05, 0) is 31.4 Å². The first-order chi connectivity index (χ1) is 9.06. The lowest BCUT2D eigenvalue weighted by Gasteiger charge is -2.36. The molecule has 1 fully saturated rings. The van der Waals surface area contributed by atoms with E-state index in [0.717, 1.165) is 33.6 Å². The fourth-order valence-electron chi connectivity index (χ4n) is 2.82. The van der Waals surface area contributed by atoms with Crippen molar-refractivity contribution in [2.75, 3.05) is 13.2 Å². The molecule has 5 heteroatoms. The van der Waals surface area contributed by atoms with Crippen molar-refractivity contribution in [3.63, 3.8) is 0 Å². The van der Waals surface area contributed by atoms with Gasteiger partial charge in [-0.15, -0.1) is 11.3 Å². The highest BCUT2D eigenvalue weighted by molar-refractivity contribution is 7.20. The molecule has 0 spiro atoms. The minimum Gasteiger partial charge on any atom is -0.396 e. The summed E-state index contributed by atoms with van der Waals surface area (Å²) in [7, 11) is 0. The third-order valence-electron chi connectivity index (χ3n) is 4.18. The summed E-state index contributed by atoms with van der Waals surface area (Å²) >= 11 is 13.6. The van der Waals surface area contributed by atoms with Gasteiger partial charge in [-0.25, -0.2) is 0 Å². The van der Waals surface area contributed by atoms with Gasteiger partial charge in [-0.3, -0.25) is 0 Å². The molecule has 1 aliphatic carbocycles. The molecule has 0 bridgehead atoms. The van der Waals surface area contributed by atoms with Crippen LogP contribution in [0.25, 0.3) is 0 Å². The second kappa shape index (κ2) is 6.77. The molecule has 2 rings (SSSR count). The first-order valence-corrected chi connectivity index (χ1v) is 8.42. The number of hydrogen-bond acceptors (Lipinski definition) is 3. The van der Waals surface area contributed by atoms with Crippen LogP contribution in [0.15, 0.2) is 6.07 Å². The Morgan fingerprint density at radius 3 is 2.58 bits per heavy atom. The summed E-state index contributed by atoms with van der Waals surface area (Å²) in [5.74, 6) is 0. The lowest BCUT2D eigenvalue weighted by Crippen LogP contribution is -2.39. The van der Waals surface area contributed by atoms with E-state index < -0.39 is 0 Å². The number of aliphatic hydroxyl groups is 1. The van der Waals surface area contributed by atoms with Gasteiger partial charge in [0.1, 0.15) is 0 Å². The molecule has 2 N–H and O–H groups in total. The number of nitrogens with one attached hydrogen (secondary N) is 1. The molecule has 108 valence electrons. The van der Waals surface area contributed by atoms with Gasteiger partial charge < -0.3 is 10.4 Å². The summed E-state index contributed by atoms with van der Waals surface area (Å²) in [6.07, 6.45) is 5.97. The highest BCUT2D eigenvalue weighted by Crippen LogP contribution is 2.37. The van der Waals surface area contributed by atoms with Crippen LogP contribution < -0.4 is 5.32 Å². The average Bonchev–Trinajstić information content (AvgIpc) is 2.76. The standard InChI is InChI=1S/C14H21Cl2NOS/c1-10(11-7-12(15)19-13(11)16)17-8-14(9-18)5-3-2-4-6-14/h7,10,17-18H,2-6,8-9H2,1H3. The van der Waals surface area contributed by atoms with Crippen molar-refractivity contribution in [1.29, 1.82) is 0 Å². The monoisotopic (exact) mass is 321 g/mol. The molecule has 0 aliphatic heterocycles. The van der Waals surface area contributed by atoms with Crippen LogP contribution in [-0.4, -0.2) is 18.3 Å². The minimum atomic E-state index is 0.0544. The van der Waals surface area contributed by atoms with E-state index in [1.165, 1.54) is 30.6 Å². The van der Waals surface area contributed by atoms with Gasteiger partial charge in [-0.1, -0.05) is 42.5 Å². The maximum Gasteiger partial charge on any atom is 0.0991 e. The molecule has 0 saturated heterocycles. The molecule has 1 heterocycles. The Morgan fingerprint density at radius 1 is 1.37 bits per heavy atom. The van der Waals surface area contributed by atoms with Crippen molar-refractivity contribution < 1.29 is 5.11 Å². The van der Waals surface area contributed by atoms with Crippen LogP contribution in [0.2, 0.25) is 8.67 Å². The zero-order valence-corrected chi connectivity index (χ0v) is 13.5. The lowest BCUT2D eigenvalue weighted by atomic mass is 9.74. The van der Waals surface area contributed by atoms with E-state index in [1.807, 2.05) is 6.07 Å². The van der Waals surface area contributed by atoms with Crippen LogP contribution in [0.3, 0.4) is 0 Å². The number of hydrogen-bond donors (Lipinski definition) is 2. The van der Waals surface area contributed by atoms with E-state index in [4.69, 9.17) is 23.2 Å². The van der Waals surface area contributed by atoms with Gasteiger partial charge in [0.05, 0.1) is 8.67 Å². The number of thiophene rings is 1. The Morgan fingerprint density at radius 2 is 2.05 bits per heavy atom. The zero-order valence-electron chi connectivity index (χ0n) is 11.2. The van der Waals surface area contributed by atoms with Gasteiger partial charge in [0.25, 0.3) is 0 Å². The van der Waals surface area contributed by atoms with E-state index in [1.54, 1.807) is 0 Å². The molecule has 1 unspecified atom stereocenters. The summed E-state index contributed by atoms with van der Waals surface area (Å²) in [5, 5.41) is 13.2. The molecule has 0 radical (unpaired) electrons. The minimum absolute atomic E-state index is 0.0544. The molecule has 0 aromatic carbocycles. The molecule has 19 heavy (non-hydrogen) atoms. The predicted molar refractivity (Wildman–Crippen MR) is 83.4 cm³/mol. The van der Waals surface area contributed by atoms with Crippen molar-refractivity contribution in [1.82, 2.24) is 5.32 Å². The molecule has 1 aliphatic rings. The predicted octanol–water partition coefficient (Wildman–Crippen LogP) is 4.65. The molecule has 1 aromatic heterocycles. The van der Waals surface area contributed by atoms with Gasteiger partial charge in [0, 0.05) is 24.6 Å². The second-order valence-electron chi connectivity index (χ2n) is 5.60. The summed E-state index contributed by atoms with van der Waals surface area (Å²) < 4.78 is 1.48. The molecule has 1 atom stereocenters. The van der Waals surface area contributed by atoms with Crippen LogP contribution in [-0.2, 0) is 0 Å². The first kappa shape index (κ1) is 15.6. The maximum atomic E-state index is 9.70. The topological polar surface area (TPSA) is 32.3 Å². The van der Waals surface area contributed by atoms with Crippen molar-refractivity contribution >= 4 is 34.5 Å². The summed E-state index contributed by atoms with van der Waals surface area (Å²) in [4.78, 5) is 0. The van der Waals surface area contributed by atoms with Crippen molar-refractivity contribution in [3.8, 4) is 0 Å². The van der Waals surface area contributed by atoms with Crippen molar-refractivity contribution in [3.05, 3.63) is 20.3 Å². The van der Waals surface area contributed by atoms with E-state index >= 15 is 0 Å². The summed E-state index contributed by atoms with van der Waals surface area (Å²) in [5.41, 5.74) is 1.11. The lowest BCUT2D eigenvalue weighted by molar-refractivity contribution is 0.0789. The van der Waals surface area contributed by atoms with Gasteiger partial charge >= 0.3 is 0 Å². The number of aliphatic hydroxyl groups excluding tert-OH is 1. The Labute approximate surface area is 129 Å². The van der Waals surface area contributed by atoms with E-state index in [9.17, 15) is 5.11 Å². The molecular weight excluding hydrogens is 301 g/mol. The van der Waals surface area contributed by atoms with Crippen LogP contribution in [0, 0.1) is 5.41 Å². The Bertz CT molecular complexity index is 416. The molecule has 1 aromatic rings. The largest absolute Gasteiger partial charge is 0.396 e. The molecule has 1 saturated carbocycles. The van der Waals surface area contributed by atoms with Crippen molar-refractivity contribution in [2.24, 2.45) is 5.41 Å². The summed E-state index contributed by atoms with van der Waals surface area (Å²) in [6, 6.07) is 2.10. The van der Waals surface area contributed by atoms with Gasteiger partial charge in [0.15, 0.2) is 0 Å². The average molecular weight is 322 g/mol. The van der Waals surface area contributed by atoms with Crippen LogP contribution in [0.4, 0.5) is 0 Å². The highest BCUT2D eigenvalue weighted by atomic mass is 35.5. The van der Waals surface area contributed by atoms with Gasteiger partial charge in [-0.2, -0.15) is 0 Å². The van der Waals surface area contributed by atoms with Gasteiger partial charge in [0.2, 0.25) is 0 Å². The second-order valence-corrected chi connectivity index (χ2v) is 7.89. The SMILES string of the molecule is CC(NCC1(CO)CCCCC1)c1cc(Cl)sc1Cl. The third kappa shape index (κ3) is 3.85. The summed E-state index contributed by atoms with van der Waals surface area (Å²) in [6.45, 7) is 3.21. The first-order valence-electron chi connectivity index (χ1n) is 6.85.